The van der Waals surface area contributed by atoms with Crippen molar-refractivity contribution in [2.75, 3.05) is 13.2 Å². The summed E-state index contributed by atoms with van der Waals surface area (Å²) in [6.07, 6.45) is 2.62. The maximum atomic E-state index is 9.76. The van der Waals surface area contributed by atoms with Gasteiger partial charge in [0.25, 0.3) is 0 Å². The van der Waals surface area contributed by atoms with Gasteiger partial charge in [-0.2, -0.15) is 0 Å². The number of allylic oxidation sites excluding steroid dienone is 1. The third-order valence-corrected chi connectivity index (χ3v) is 3.03. The largest absolute Gasteiger partial charge is 0.507 e. The summed E-state index contributed by atoms with van der Waals surface area (Å²) < 4.78 is 11.5. The fourth-order valence-corrected chi connectivity index (χ4v) is 1.96. The van der Waals surface area contributed by atoms with E-state index in [2.05, 4.69) is 13.8 Å². The maximum absolute atomic E-state index is 9.76. The summed E-state index contributed by atoms with van der Waals surface area (Å²) in [5, 5.41) is 9.76. The van der Waals surface area contributed by atoms with Crippen molar-refractivity contribution in [1.29, 1.82) is 0 Å². The first-order valence-electron chi connectivity index (χ1n) is 5.14. The number of aliphatic hydroxyl groups excluding tert-OH is 1. The van der Waals surface area contributed by atoms with Gasteiger partial charge in [0.1, 0.15) is 5.76 Å². The third-order valence-electron chi connectivity index (χ3n) is 3.03. The van der Waals surface area contributed by atoms with Gasteiger partial charge in [-0.1, -0.05) is 20.8 Å². The van der Waals surface area contributed by atoms with Crippen molar-refractivity contribution in [3.05, 3.63) is 11.8 Å². The van der Waals surface area contributed by atoms with E-state index in [0.29, 0.717) is 13.2 Å². The lowest BCUT2D eigenvalue weighted by molar-refractivity contribution is -0.305. The standard InChI is InChI=1S/C11H18O3/c1-8-4-5-9(12)11(8)13-6-10(2,3)7-14-11/h5,8,12H,4,6-7H2,1-3H3/t8-/m0/s1. The Morgan fingerprint density at radius 3 is 2.36 bits per heavy atom. The summed E-state index contributed by atoms with van der Waals surface area (Å²) in [6.45, 7) is 7.50. The lowest BCUT2D eigenvalue weighted by atomic mass is 9.92. The zero-order valence-corrected chi connectivity index (χ0v) is 9.04. The highest BCUT2D eigenvalue weighted by atomic mass is 16.7. The van der Waals surface area contributed by atoms with E-state index >= 15 is 0 Å². The van der Waals surface area contributed by atoms with Gasteiger partial charge in [-0.15, -0.1) is 0 Å². The molecular formula is C11H18O3. The Balaban J connectivity index is 2.16. The average Bonchev–Trinajstić information content (AvgIpc) is 2.39. The van der Waals surface area contributed by atoms with Crippen LogP contribution >= 0.6 is 0 Å². The molecule has 0 bridgehead atoms. The summed E-state index contributed by atoms with van der Waals surface area (Å²) in [5.41, 5.74) is 0.0494. The summed E-state index contributed by atoms with van der Waals surface area (Å²) in [7, 11) is 0. The molecule has 0 aromatic carbocycles. The van der Waals surface area contributed by atoms with Gasteiger partial charge in [0, 0.05) is 11.3 Å². The van der Waals surface area contributed by atoms with Crippen molar-refractivity contribution in [3.63, 3.8) is 0 Å². The van der Waals surface area contributed by atoms with Crippen molar-refractivity contribution < 1.29 is 14.6 Å². The van der Waals surface area contributed by atoms with Crippen molar-refractivity contribution in [3.8, 4) is 0 Å². The highest BCUT2D eigenvalue weighted by molar-refractivity contribution is 5.15. The number of hydrogen-bond acceptors (Lipinski definition) is 3. The van der Waals surface area contributed by atoms with Crippen molar-refractivity contribution in [2.45, 2.75) is 33.0 Å². The Hall–Kier alpha value is -0.540. The van der Waals surface area contributed by atoms with Crippen LogP contribution in [0.4, 0.5) is 0 Å². The molecule has 0 saturated carbocycles. The van der Waals surface area contributed by atoms with E-state index in [-0.39, 0.29) is 17.1 Å². The summed E-state index contributed by atoms with van der Waals surface area (Å²) in [4.78, 5) is 0. The smallest absolute Gasteiger partial charge is 0.230 e. The monoisotopic (exact) mass is 198 g/mol. The van der Waals surface area contributed by atoms with Crippen LogP contribution in [-0.2, 0) is 9.47 Å². The van der Waals surface area contributed by atoms with Crippen LogP contribution < -0.4 is 0 Å². The molecule has 3 heteroatoms. The highest BCUT2D eigenvalue weighted by Gasteiger charge is 2.50. The normalized spacial score (nSPS) is 34.5. The van der Waals surface area contributed by atoms with Crippen LogP contribution in [0.3, 0.4) is 0 Å². The molecule has 0 aromatic heterocycles. The Kier molecular flexibility index (Phi) is 2.12. The van der Waals surface area contributed by atoms with Crippen molar-refractivity contribution in [1.82, 2.24) is 0 Å². The minimum Gasteiger partial charge on any atom is -0.507 e. The van der Waals surface area contributed by atoms with Crippen LogP contribution in [0.25, 0.3) is 0 Å². The molecule has 2 rings (SSSR count). The lowest BCUT2D eigenvalue weighted by Gasteiger charge is -2.43. The minimum atomic E-state index is -0.838. The van der Waals surface area contributed by atoms with Gasteiger partial charge in [-0.25, -0.2) is 0 Å². The van der Waals surface area contributed by atoms with E-state index < -0.39 is 5.79 Å². The molecular weight excluding hydrogens is 180 g/mol. The molecule has 2 aliphatic rings. The fourth-order valence-electron chi connectivity index (χ4n) is 1.96. The van der Waals surface area contributed by atoms with Gasteiger partial charge in [0.05, 0.1) is 13.2 Å². The number of rotatable bonds is 0. The van der Waals surface area contributed by atoms with Crippen LogP contribution in [0.15, 0.2) is 11.8 Å². The Morgan fingerprint density at radius 1 is 1.36 bits per heavy atom. The number of aliphatic hydroxyl groups is 1. The molecule has 14 heavy (non-hydrogen) atoms. The van der Waals surface area contributed by atoms with Crippen LogP contribution in [0.5, 0.6) is 0 Å². The second-order valence-electron chi connectivity index (χ2n) is 5.14. The fraction of sp³-hybridized carbons (Fsp3) is 0.818. The average molecular weight is 198 g/mol. The summed E-state index contributed by atoms with van der Waals surface area (Å²) in [5.74, 6) is -0.380. The van der Waals surface area contributed by atoms with E-state index in [1.165, 1.54) is 0 Å². The second-order valence-corrected chi connectivity index (χ2v) is 5.14. The zero-order chi connectivity index (χ0) is 10.4. The van der Waals surface area contributed by atoms with E-state index in [9.17, 15) is 5.11 Å². The van der Waals surface area contributed by atoms with E-state index in [0.717, 1.165) is 6.42 Å². The maximum Gasteiger partial charge on any atom is 0.230 e. The van der Waals surface area contributed by atoms with Gasteiger partial charge in [0.15, 0.2) is 0 Å². The molecule has 1 saturated heterocycles. The van der Waals surface area contributed by atoms with Crippen LogP contribution in [0.2, 0.25) is 0 Å². The molecule has 0 aromatic rings. The second kappa shape index (κ2) is 2.97. The molecule has 0 radical (unpaired) electrons. The summed E-state index contributed by atoms with van der Waals surface area (Å²) >= 11 is 0. The van der Waals surface area contributed by atoms with Crippen molar-refractivity contribution in [2.24, 2.45) is 11.3 Å². The third kappa shape index (κ3) is 1.35. The zero-order valence-electron chi connectivity index (χ0n) is 9.04. The van der Waals surface area contributed by atoms with E-state index in [1.807, 2.05) is 6.92 Å². The molecule has 0 unspecified atom stereocenters. The minimum absolute atomic E-state index is 0.0494. The van der Waals surface area contributed by atoms with E-state index in [4.69, 9.17) is 9.47 Å². The van der Waals surface area contributed by atoms with E-state index in [1.54, 1.807) is 6.08 Å². The molecule has 1 spiro atoms. The predicted molar refractivity (Wildman–Crippen MR) is 52.9 cm³/mol. The predicted octanol–water partition coefficient (Wildman–Crippen LogP) is 2.24. The molecule has 3 nitrogen and oxygen atoms in total. The van der Waals surface area contributed by atoms with Crippen molar-refractivity contribution >= 4 is 0 Å². The molecule has 1 heterocycles. The quantitative estimate of drug-likeness (QED) is 0.648. The lowest BCUT2D eigenvalue weighted by Crippen LogP contribution is -2.50. The SMILES string of the molecule is C[C@H]1CC=C(O)C12OCC(C)(C)CO2. The Bertz CT molecular complexity index is 258. The first-order chi connectivity index (χ1) is 6.46. The molecule has 0 amide bonds. The van der Waals surface area contributed by atoms with Gasteiger partial charge in [0.2, 0.25) is 5.79 Å². The number of hydrogen-bond donors (Lipinski definition) is 1. The molecule has 1 fully saturated rings. The van der Waals surface area contributed by atoms with Crippen LogP contribution in [0, 0.1) is 11.3 Å². The van der Waals surface area contributed by atoms with Gasteiger partial charge in [-0.3, -0.25) is 0 Å². The molecule has 1 N–H and O–H groups in total. The number of ether oxygens (including phenoxy) is 2. The molecule has 1 aliphatic heterocycles. The molecule has 1 atom stereocenters. The van der Waals surface area contributed by atoms with Gasteiger partial charge >= 0.3 is 0 Å². The highest BCUT2D eigenvalue weighted by Crippen LogP contribution is 2.43. The molecule has 80 valence electrons. The van der Waals surface area contributed by atoms with Crippen LogP contribution in [0.1, 0.15) is 27.2 Å². The van der Waals surface area contributed by atoms with Gasteiger partial charge in [-0.05, 0) is 12.5 Å². The van der Waals surface area contributed by atoms with Crippen LogP contribution in [-0.4, -0.2) is 24.1 Å². The Labute approximate surface area is 84.7 Å². The summed E-state index contributed by atoms with van der Waals surface area (Å²) in [6, 6.07) is 0. The molecule has 1 aliphatic carbocycles. The van der Waals surface area contributed by atoms with Gasteiger partial charge < -0.3 is 14.6 Å². The topological polar surface area (TPSA) is 38.7 Å². The Morgan fingerprint density at radius 2 is 1.93 bits per heavy atom. The first-order valence-corrected chi connectivity index (χ1v) is 5.14. The first kappa shape index (κ1) is 9.99.